The van der Waals surface area contributed by atoms with E-state index >= 15 is 0 Å². The molecule has 2 aliphatic rings. The van der Waals surface area contributed by atoms with Crippen LogP contribution in [0.2, 0.25) is 0 Å². The van der Waals surface area contributed by atoms with Crippen LogP contribution in [-0.2, 0) is 18.9 Å². The third-order valence-electron chi connectivity index (χ3n) is 2.71. The van der Waals surface area contributed by atoms with Gasteiger partial charge < -0.3 is 29.2 Å². The predicted octanol–water partition coefficient (Wildman–Crippen LogP) is -0.440. The van der Waals surface area contributed by atoms with Gasteiger partial charge in [-0.2, -0.15) is 0 Å². The quantitative estimate of drug-likeness (QED) is 0.669. The summed E-state index contributed by atoms with van der Waals surface area (Å²) in [4.78, 5) is 0. The Hall–Kier alpha value is -0.470. The summed E-state index contributed by atoms with van der Waals surface area (Å²) >= 11 is 4.77. The zero-order chi connectivity index (χ0) is 12.6. The monoisotopic (exact) mass is 264 g/mol. The van der Waals surface area contributed by atoms with Gasteiger partial charge in [0.15, 0.2) is 11.9 Å². The van der Waals surface area contributed by atoms with Crippen LogP contribution in [0.5, 0.6) is 0 Å². The maximum Gasteiger partial charge on any atom is 0.352 e. The standard InChI is InChI=1S/C10H16O6S/c1-10(2)15-7(5(12)3-11)8(16-10)6-4-13-9(17)14-6/h5-8,11-12H,3-4H2,1-2H3/t5-,6+,7-,8+/m1/s1. The minimum atomic E-state index is -1.03. The molecule has 0 unspecified atom stereocenters. The third kappa shape index (κ3) is 2.69. The summed E-state index contributed by atoms with van der Waals surface area (Å²) in [6.07, 6.45) is -2.63. The zero-order valence-corrected chi connectivity index (χ0v) is 10.5. The van der Waals surface area contributed by atoms with Crippen LogP contribution in [-0.4, -0.2) is 58.9 Å². The minimum absolute atomic E-state index is 0.0699. The molecule has 2 saturated heterocycles. The Bertz CT molecular complexity index is 307. The van der Waals surface area contributed by atoms with E-state index in [-0.39, 0.29) is 11.8 Å². The molecule has 2 aliphatic heterocycles. The van der Waals surface area contributed by atoms with Crippen molar-refractivity contribution in [1.82, 2.24) is 0 Å². The fourth-order valence-electron chi connectivity index (χ4n) is 2.01. The highest BCUT2D eigenvalue weighted by Crippen LogP contribution is 2.34. The van der Waals surface area contributed by atoms with E-state index in [0.29, 0.717) is 0 Å². The highest BCUT2D eigenvalue weighted by atomic mass is 32.1. The van der Waals surface area contributed by atoms with Gasteiger partial charge in [-0.05, 0) is 13.8 Å². The van der Waals surface area contributed by atoms with E-state index < -0.39 is 36.8 Å². The number of aliphatic hydroxyl groups is 2. The molecule has 0 saturated carbocycles. The molecule has 4 atom stereocenters. The number of ether oxygens (including phenoxy) is 4. The van der Waals surface area contributed by atoms with Crippen molar-refractivity contribution >= 4 is 17.5 Å². The van der Waals surface area contributed by atoms with Crippen molar-refractivity contribution in [2.24, 2.45) is 0 Å². The Morgan fingerprint density at radius 1 is 1.47 bits per heavy atom. The van der Waals surface area contributed by atoms with E-state index in [0.717, 1.165) is 0 Å². The zero-order valence-electron chi connectivity index (χ0n) is 9.66. The molecule has 2 fully saturated rings. The Morgan fingerprint density at radius 3 is 2.71 bits per heavy atom. The molecule has 0 aromatic heterocycles. The summed E-state index contributed by atoms with van der Waals surface area (Å²) in [6.45, 7) is 3.33. The average molecular weight is 264 g/mol. The van der Waals surface area contributed by atoms with Crippen LogP contribution in [0.15, 0.2) is 0 Å². The molecule has 17 heavy (non-hydrogen) atoms. The van der Waals surface area contributed by atoms with Crippen LogP contribution in [0.3, 0.4) is 0 Å². The molecule has 0 bridgehead atoms. The largest absolute Gasteiger partial charge is 0.453 e. The molecule has 0 radical (unpaired) electrons. The van der Waals surface area contributed by atoms with Gasteiger partial charge in [-0.1, -0.05) is 0 Å². The first-order valence-corrected chi connectivity index (χ1v) is 5.82. The molecule has 0 amide bonds. The van der Waals surface area contributed by atoms with E-state index in [1.807, 2.05) is 0 Å². The molecule has 7 heteroatoms. The Morgan fingerprint density at radius 2 is 2.18 bits per heavy atom. The predicted molar refractivity (Wildman–Crippen MR) is 60.3 cm³/mol. The SMILES string of the molecule is CC1(C)O[C@@H]([C@@H]2COC(=S)O2)[C@@H]([C@H](O)CO)O1. The smallest absolute Gasteiger partial charge is 0.352 e. The summed E-state index contributed by atoms with van der Waals surface area (Å²) in [6, 6.07) is 0. The van der Waals surface area contributed by atoms with Crippen molar-refractivity contribution in [3.05, 3.63) is 0 Å². The highest BCUT2D eigenvalue weighted by molar-refractivity contribution is 7.79. The van der Waals surface area contributed by atoms with Crippen LogP contribution in [0.25, 0.3) is 0 Å². The summed E-state index contributed by atoms with van der Waals surface area (Å²) in [7, 11) is 0. The molecule has 0 aromatic rings. The van der Waals surface area contributed by atoms with Gasteiger partial charge in [0.1, 0.15) is 24.9 Å². The van der Waals surface area contributed by atoms with Crippen LogP contribution >= 0.6 is 12.2 Å². The van der Waals surface area contributed by atoms with Crippen molar-refractivity contribution in [2.45, 2.75) is 44.1 Å². The fourth-order valence-corrected chi connectivity index (χ4v) is 2.20. The number of thiocarbonyl (C=S) groups is 1. The number of hydrogen-bond donors (Lipinski definition) is 2. The first-order valence-electron chi connectivity index (χ1n) is 5.41. The van der Waals surface area contributed by atoms with Gasteiger partial charge in [0.05, 0.1) is 6.61 Å². The van der Waals surface area contributed by atoms with Gasteiger partial charge in [0.25, 0.3) is 0 Å². The molecular formula is C10H16O6S. The third-order valence-corrected chi connectivity index (χ3v) is 2.92. The van der Waals surface area contributed by atoms with Gasteiger partial charge >= 0.3 is 5.24 Å². The molecule has 6 nitrogen and oxygen atoms in total. The lowest BCUT2D eigenvalue weighted by Crippen LogP contribution is -2.44. The van der Waals surface area contributed by atoms with Crippen molar-refractivity contribution < 1.29 is 29.2 Å². The molecule has 2 N–H and O–H groups in total. The number of rotatable bonds is 3. The fraction of sp³-hybridized carbons (Fsp3) is 0.900. The van der Waals surface area contributed by atoms with E-state index in [2.05, 4.69) is 0 Å². The number of hydrogen-bond acceptors (Lipinski definition) is 7. The van der Waals surface area contributed by atoms with Crippen LogP contribution in [0, 0.1) is 0 Å². The lowest BCUT2D eigenvalue weighted by molar-refractivity contribution is -0.160. The first-order chi connectivity index (χ1) is 7.93. The molecular weight excluding hydrogens is 248 g/mol. The Balaban J connectivity index is 2.10. The Kier molecular flexibility index (Phi) is 3.55. The lowest BCUT2D eigenvalue weighted by atomic mass is 10.0. The average Bonchev–Trinajstić information content (AvgIpc) is 2.80. The maximum atomic E-state index is 9.70. The van der Waals surface area contributed by atoms with Crippen molar-refractivity contribution in [3.63, 3.8) is 0 Å². The molecule has 2 rings (SSSR count). The topological polar surface area (TPSA) is 77.4 Å². The maximum absolute atomic E-state index is 9.70. The lowest BCUT2D eigenvalue weighted by Gasteiger charge is -2.23. The van der Waals surface area contributed by atoms with Crippen molar-refractivity contribution in [2.75, 3.05) is 13.2 Å². The Labute approximate surface area is 104 Å². The minimum Gasteiger partial charge on any atom is -0.453 e. The second-order valence-electron chi connectivity index (χ2n) is 4.53. The van der Waals surface area contributed by atoms with Gasteiger partial charge in [0, 0.05) is 12.2 Å². The van der Waals surface area contributed by atoms with Crippen LogP contribution < -0.4 is 0 Å². The van der Waals surface area contributed by atoms with Crippen LogP contribution in [0.4, 0.5) is 0 Å². The second kappa shape index (κ2) is 4.66. The van der Waals surface area contributed by atoms with Gasteiger partial charge in [-0.15, -0.1) is 0 Å². The normalized spacial score (nSPS) is 37.6. The summed E-state index contributed by atoms with van der Waals surface area (Å²) in [5.74, 6) is -0.834. The molecule has 2 heterocycles. The summed E-state index contributed by atoms with van der Waals surface area (Å²) < 4.78 is 21.5. The number of aliphatic hydroxyl groups excluding tert-OH is 2. The van der Waals surface area contributed by atoms with Gasteiger partial charge in [0.2, 0.25) is 0 Å². The van der Waals surface area contributed by atoms with E-state index in [4.69, 9.17) is 36.3 Å². The summed E-state index contributed by atoms with van der Waals surface area (Å²) in [5.41, 5.74) is 0. The molecule has 0 spiro atoms. The van der Waals surface area contributed by atoms with Crippen molar-refractivity contribution in [3.8, 4) is 0 Å². The van der Waals surface area contributed by atoms with E-state index in [9.17, 15) is 5.11 Å². The summed E-state index contributed by atoms with van der Waals surface area (Å²) in [5, 5.41) is 18.8. The first kappa shape index (κ1) is 13.0. The van der Waals surface area contributed by atoms with Gasteiger partial charge in [-0.3, -0.25) is 0 Å². The van der Waals surface area contributed by atoms with Gasteiger partial charge in [-0.25, -0.2) is 0 Å². The highest BCUT2D eigenvalue weighted by Gasteiger charge is 2.50. The molecule has 0 aromatic carbocycles. The van der Waals surface area contributed by atoms with Crippen LogP contribution in [0.1, 0.15) is 13.8 Å². The molecule has 98 valence electrons. The second-order valence-corrected chi connectivity index (χ2v) is 4.87. The van der Waals surface area contributed by atoms with Crippen molar-refractivity contribution in [1.29, 1.82) is 0 Å². The van der Waals surface area contributed by atoms with E-state index in [1.54, 1.807) is 13.8 Å². The molecule has 0 aliphatic carbocycles. The van der Waals surface area contributed by atoms with E-state index in [1.165, 1.54) is 0 Å².